The first kappa shape index (κ1) is 12.1. The Bertz CT molecular complexity index is 284. The molecule has 0 N–H and O–H groups in total. The Balaban J connectivity index is 2.52. The highest BCUT2D eigenvalue weighted by atomic mass is 32.2. The van der Waals surface area contributed by atoms with Gasteiger partial charge >= 0.3 is 0 Å². The van der Waals surface area contributed by atoms with Gasteiger partial charge in [-0.05, 0) is 5.92 Å². The molecule has 1 rings (SSSR count). The molecule has 0 aliphatic carbocycles. The van der Waals surface area contributed by atoms with E-state index in [1.165, 1.54) is 9.88 Å². The van der Waals surface area contributed by atoms with Crippen molar-refractivity contribution in [3.63, 3.8) is 0 Å². The molecule has 80 valence electrons. The maximum Gasteiger partial charge on any atom is 0.103 e. The predicted octanol–water partition coefficient (Wildman–Crippen LogP) is 4.30. The molecule has 0 fully saturated rings. The molecule has 1 nitrogen and oxygen atoms in total. The minimum Gasteiger partial charge on any atom is -0.249 e. The van der Waals surface area contributed by atoms with E-state index in [0.29, 0.717) is 10.7 Å². The van der Waals surface area contributed by atoms with Crippen LogP contribution in [0, 0.1) is 0 Å². The number of aromatic nitrogens is 1. The molecule has 14 heavy (non-hydrogen) atoms. The lowest BCUT2D eigenvalue weighted by Crippen LogP contribution is -2.07. The Labute approximate surface area is 95.3 Å². The monoisotopic (exact) mass is 229 g/mol. The van der Waals surface area contributed by atoms with Gasteiger partial charge < -0.3 is 0 Å². The highest BCUT2D eigenvalue weighted by molar-refractivity contribution is 7.99. The van der Waals surface area contributed by atoms with Gasteiger partial charge in [0, 0.05) is 21.6 Å². The molecule has 0 aliphatic heterocycles. The summed E-state index contributed by atoms with van der Waals surface area (Å²) in [5.74, 6) is 1.65. The van der Waals surface area contributed by atoms with E-state index in [2.05, 4.69) is 39.6 Å². The van der Waals surface area contributed by atoms with Gasteiger partial charge in [0.15, 0.2) is 0 Å². The summed E-state index contributed by atoms with van der Waals surface area (Å²) < 4.78 is 0.337. The first-order valence-corrected chi connectivity index (χ1v) is 6.77. The van der Waals surface area contributed by atoms with E-state index >= 15 is 0 Å². The molecule has 3 heteroatoms. The highest BCUT2D eigenvalue weighted by Gasteiger charge is 2.12. The van der Waals surface area contributed by atoms with Crippen LogP contribution in [0.25, 0.3) is 0 Å². The quantitative estimate of drug-likeness (QED) is 0.766. The van der Waals surface area contributed by atoms with Crippen LogP contribution < -0.4 is 0 Å². The van der Waals surface area contributed by atoms with E-state index in [9.17, 15) is 0 Å². The summed E-state index contributed by atoms with van der Waals surface area (Å²) in [7, 11) is 0. The van der Waals surface area contributed by atoms with Crippen molar-refractivity contribution in [1.29, 1.82) is 0 Å². The summed E-state index contributed by atoms with van der Waals surface area (Å²) in [5, 5.41) is 1.26. The van der Waals surface area contributed by atoms with Crippen molar-refractivity contribution in [2.24, 2.45) is 0 Å². The molecule has 0 radical (unpaired) electrons. The zero-order valence-electron chi connectivity index (χ0n) is 9.63. The van der Waals surface area contributed by atoms with E-state index in [4.69, 9.17) is 0 Å². The minimum absolute atomic E-state index is 0.337. The predicted molar refractivity (Wildman–Crippen MR) is 67.3 cm³/mol. The lowest BCUT2D eigenvalue weighted by molar-refractivity contribution is 0.802. The molecule has 0 unspecified atom stereocenters. The third-order valence-corrected chi connectivity index (χ3v) is 4.53. The Hall–Kier alpha value is -0.0200. The van der Waals surface area contributed by atoms with Crippen LogP contribution in [0.5, 0.6) is 0 Å². The van der Waals surface area contributed by atoms with Crippen LogP contribution in [0.4, 0.5) is 0 Å². The molecule has 0 amide bonds. The standard InChI is InChI=1S/C11H19NS2/c1-8(2)9-6-12-10(14-9)7-13-11(3,4)5/h6,8H,7H2,1-5H3. The summed E-state index contributed by atoms with van der Waals surface area (Å²) in [6.07, 6.45) is 2.02. The number of thioether (sulfide) groups is 1. The van der Waals surface area contributed by atoms with E-state index < -0.39 is 0 Å². The summed E-state index contributed by atoms with van der Waals surface area (Å²) in [4.78, 5) is 5.84. The molecule has 1 heterocycles. The van der Waals surface area contributed by atoms with Crippen LogP contribution >= 0.6 is 23.1 Å². The largest absolute Gasteiger partial charge is 0.249 e. The van der Waals surface area contributed by atoms with E-state index in [-0.39, 0.29) is 0 Å². The number of hydrogen-bond donors (Lipinski definition) is 0. The molecule has 0 saturated carbocycles. The molecule has 0 spiro atoms. The van der Waals surface area contributed by atoms with Gasteiger partial charge in [0.2, 0.25) is 0 Å². The lowest BCUT2D eigenvalue weighted by Gasteiger charge is -2.16. The Kier molecular flexibility index (Phi) is 4.02. The smallest absolute Gasteiger partial charge is 0.103 e. The molecule has 0 aromatic carbocycles. The Morgan fingerprint density at radius 1 is 1.43 bits per heavy atom. The van der Waals surface area contributed by atoms with E-state index in [0.717, 1.165) is 5.75 Å². The van der Waals surface area contributed by atoms with Crippen LogP contribution in [0.3, 0.4) is 0 Å². The van der Waals surface area contributed by atoms with Gasteiger partial charge in [-0.1, -0.05) is 34.6 Å². The van der Waals surface area contributed by atoms with Crippen molar-refractivity contribution in [2.45, 2.75) is 51.0 Å². The second-order valence-corrected chi connectivity index (χ2v) is 7.66. The summed E-state index contributed by atoms with van der Waals surface area (Å²) in [6, 6.07) is 0. The van der Waals surface area contributed by atoms with Crippen LogP contribution in [0.1, 0.15) is 50.4 Å². The Morgan fingerprint density at radius 2 is 2.07 bits per heavy atom. The molecule has 0 atom stereocenters. The van der Waals surface area contributed by atoms with Gasteiger partial charge in [-0.25, -0.2) is 4.98 Å². The first-order chi connectivity index (χ1) is 6.38. The Morgan fingerprint density at radius 3 is 2.50 bits per heavy atom. The average Bonchev–Trinajstić information content (AvgIpc) is 2.47. The fourth-order valence-electron chi connectivity index (χ4n) is 0.936. The molecule has 0 saturated heterocycles. The van der Waals surface area contributed by atoms with Crippen molar-refractivity contribution < 1.29 is 0 Å². The summed E-state index contributed by atoms with van der Waals surface area (Å²) in [6.45, 7) is 11.2. The van der Waals surface area contributed by atoms with E-state index in [1.807, 2.05) is 29.3 Å². The van der Waals surface area contributed by atoms with Gasteiger partial charge in [0.25, 0.3) is 0 Å². The fraction of sp³-hybridized carbons (Fsp3) is 0.727. The SMILES string of the molecule is CC(C)c1cnc(CSC(C)(C)C)s1. The van der Waals surface area contributed by atoms with Gasteiger partial charge in [-0.15, -0.1) is 23.1 Å². The van der Waals surface area contributed by atoms with E-state index in [1.54, 1.807) is 0 Å². The molecular formula is C11H19NS2. The number of hydrogen-bond acceptors (Lipinski definition) is 3. The topological polar surface area (TPSA) is 12.9 Å². The normalized spacial score (nSPS) is 12.4. The van der Waals surface area contributed by atoms with Crippen LogP contribution in [0.2, 0.25) is 0 Å². The van der Waals surface area contributed by atoms with Crippen molar-refractivity contribution in [1.82, 2.24) is 4.98 Å². The highest BCUT2D eigenvalue weighted by Crippen LogP contribution is 2.30. The maximum absolute atomic E-state index is 4.44. The third kappa shape index (κ3) is 4.01. The summed E-state index contributed by atoms with van der Waals surface area (Å²) in [5.41, 5.74) is 0. The zero-order valence-corrected chi connectivity index (χ0v) is 11.3. The number of rotatable bonds is 3. The van der Waals surface area contributed by atoms with Crippen molar-refractivity contribution in [3.8, 4) is 0 Å². The van der Waals surface area contributed by atoms with Gasteiger partial charge in [0.05, 0.1) is 0 Å². The fourth-order valence-corrected chi connectivity index (χ4v) is 2.70. The molecular weight excluding hydrogens is 210 g/mol. The third-order valence-electron chi connectivity index (χ3n) is 1.77. The van der Waals surface area contributed by atoms with Crippen molar-refractivity contribution in [3.05, 3.63) is 16.1 Å². The molecule has 1 aromatic rings. The number of thiazole rings is 1. The van der Waals surface area contributed by atoms with Crippen LogP contribution in [-0.2, 0) is 5.75 Å². The maximum atomic E-state index is 4.44. The van der Waals surface area contributed by atoms with Crippen molar-refractivity contribution >= 4 is 23.1 Å². The molecule has 0 bridgehead atoms. The zero-order chi connectivity index (χ0) is 10.8. The van der Waals surface area contributed by atoms with Crippen molar-refractivity contribution in [2.75, 3.05) is 0 Å². The minimum atomic E-state index is 0.337. The van der Waals surface area contributed by atoms with Gasteiger partial charge in [-0.3, -0.25) is 0 Å². The average molecular weight is 229 g/mol. The lowest BCUT2D eigenvalue weighted by atomic mass is 10.2. The van der Waals surface area contributed by atoms with Gasteiger partial charge in [-0.2, -0.15) is 0 Å². The van der Waals surface area contributed by atoms with Crippen LogP contribution in [0.15, 0.2) is 6.20 Å². The summed E-state index contributed by atoms with van der Waals surface area (Å²) >= 11 is 3.81. The van der Waals surface area contributed by atoms with Gasteiger partial charge in [0.1, 0.15) is 5.01 Å². The molecule has 1 aromatic heterocycles. The first-order valence-electron chi connectivity index (χ1n) is 4.97. The molecule has 0 aliphatic rings. The number of nitrogens with zero attached hydrogens (tertiary/aromatic N) is 1. The van der Waals surface area contributed by atoms with Crippen LogP contribution in [-0.4, -0.2) is 9.73 Å². The second-order valence-electron chi connectivity index (χ2n) is 4.71. The second kappa shape index (κ2) is 4.67.